The molecule has 148 valence electrons. The molecule has 0 bridgehead atoms. The Morgan fingerprint density at radius 1 is 0.923 bits per heavy atom. The Labute approximate surface area is 169 Å². The van der Waals surface area contributed by atoms with E-state index in [1.165, 1.54) is 0 Å². The molecule has 0 amide bonds. The summed E-state index contributed by atoms with van der Waals surface area (Å²) in [5.74, 6) is 1.86. The van der Waals surface area contributed by atoms with E-state index in [0.29, 0.717) is 42.3 Å². The molecule has 1 aromatic rings. The largest absolute Gasteiger partial charge is 0.507 e. The van der Waals surface area contributed by atoms with Crippen LogP contribution in [0.4, 0.5) is 0 Å². The van der Waals surface area contributed by atoms with E-state index in [0.717, 1.165) is 22.3 Å². The molecule has 1 aromatic carbocycles. The van der Waals surface area contributed by atoms with Gasteiger partial charge in [-0.1, -0.05) is 48.5 Å². The lowest BCUT2D eigenvalue weighted by Gasteiger charge is -2.33. The van der Waals surface area contributed by atoms with Crippen molar-refractivity contribution in [2.45, 2.75) is 78.6 Å². The van der Waals surface area contributed by atoms with E-state index in [1.54, 1.807) is 6.92 Å². The summed E-state index contributed by atoms with van der Waals surface area (Å²) in [6.07, 6.45) is 1.55. The van der Waals surface area contributed by atoms with Crippen LogP contribution in [-0.2, 0) is 28.5 Å². The number of carbonyl (C=O) groups is 1. The van der Waals surface area contributed by atoms with Crippen molar-refractivity contribution in [2.75, 3.05) is 11.5 Å². The highest BCUT2D eigenvalue weighted by atomic mass is 32.1. The number of benzene rings is 1. The molecule has 0 spiro atoms. The number of phenols is 1. The van der Waals surface area contributed by atoms with Gasteiger partial charge in [0, 0.05) is 28.7 Å². The second kappa shape index (κ2) is 8.92. The van der Waals surface area contributed by atoms with Crippen LogP contribution in [0, 0.1) is 0 Å². The summed E-state index contributed by atoms with van der Waals surface area (Å²) in [7, 11) is 0. The Kier molecular flexibility index (Phi) is 7.97. The van der Waals surface area contributed by atoms with Crippen LogP contribution in [-0.4, -0.2) is 22.6 Å². The number of carbonyl (C=O) groups excluding carboxylic acids is 1. The van der Waals surface area contributed by atoms with Gasteiger partial charge in [-0.3, -0.25) is 4.79 Å². The average Bonchev–Trinajstić information content (AvgIpc) is 2.48. The first-order chi connectivity index (χ1) is 11.9. The minimum Gasteiger partial charge on any atom is -0.507 e. The molecule has 1 N–H and O–H groups in total. The summed E-state index contributed by atoms with van der Waals surface area (Å²) in [4.78, 5) is 12.2. The number of hydrogen-bond acceptors (Lipinski definition) is 5. The lowest BCUT2D eigenvalue weighted by Crippen LogP contribution is -2.24. The summed E-state index contributed by atoms with van der Waals surface area (Å²) >= 11 is 8.80. The van der Waals surface area contributed by atoms with Crippen molar-refractivity contribution in [3.63, 3.8) is 0 Å². The first-order valence-electron chi connectivity index (χ1n) is 9.24. The summed E-state index contributed by atoms with van der Waals surface area (Å²) in [5, 5.41) is 11.3. The second-order valence-corrected chi connectivity index (χ2v) is 9.55. The fourth-order valence-corrected chi connectivity index (χ4v) is 3.89. The fourth-order valence-electron chi connectivity index (χ4n) is 3.45. The molecule has 5 heteroatoms. The Morgan fingerprint density at radius 3 is 1.58 bits per heavy atom. The van der Waals surface area contributed by atoms with Gasteiger partial charge >= 0.3 is 5.97 Å². The summed E-state index contributed by atoms with van der Waals surface area (Å²) in [6, 6.07) is 0. The highest BCUT2D eigenvalue weighted by Crippen LogP contribution is 2.48. The third kappa shape index (κ3) is 5.13. The number of thiol groups is 2. The van der Waals surface area contributed by atoms with Crippen molar-refractivity contribution < 1.29 is 14.6 Å². The molecular weight excluding hydrogens is 364 g/mol. The molecule has 1 rings (SSSR count). The smallest absolute Gasteiger partial charge is 0.310 e. The Hall–Kier alpha value is -0.810. The van der Waals surface area contributed by atoms with Crippen LogP contribution in [0.15, 0.2) is 0 Å². The van der Waals surface area contributed by atoms with E-state index in [9.17, 15) is 9.90 Å². The van der Waals surface area contributed by atoms with Crippen molar-refractivity contribution in [3.05, 3.63) is 22.3 Å². The topological polar surface area (TPSA) is 46.5 Å². The third-order valence-electron chi connectivity index (χ3n) is 4.35. The van der Waals surface area contributed by atoms with E-state index >= 15 is 0 Å². The lowest BCUT2D eigenvalue weighted by molar-refractivity contribution is -0.134. The van der Waals surface area contributed by atoms with Gasteiger partial charge in [0.2, 0.25) is 0 Å². The van der Waals surface area contributed by atoms with Crippen molar-refractivity contribution >= 4 is 31.2 Å². The van der Waals surface area contributed by atoms with Crippen LogP contribution < -0.4 is 4.74 Å². The van der Waals surface area contributed by atoms with Crippen LogP contribution in [0.3, 0.4) is 0 Å². The molecular formula is C21H34O3S2. The molecule has 0 atom stereocenters. The second-order valence-electron chi connectivity index (χ2n) is 8.66. The van der Waals surface area contributed by atoms with E-state index in [4.69, 9.17) is 4.74 Å². The quantitative estimate of drug-likeness (QED) is 0.348. The molecule has 0 aliphatic heterocycles. The normalized spacial score (nSPS) is 12.3. The number of rotatable bonds is 6. The predicted octanol–water partition coefficient (Wildman–Crippen LogP) is 5.25. The van der Waals surface area contributed by atoms with Crippen molar-refractivity contribution in [2.24, 2.45) is 0 Å². The average molecular weight is 399 g/mol. The molecule has 0 radical (unpaired) electrons. The highest BCUT2D eigenvalue weighted by Gasteiger charge is 2.34. The SMILES string of the molecule is CCC(=O)Oc1c(CCS)c(C(C)(C)C)c(O)c(C(C)(C)C)c1CCS. The molecule has 0 unspecified atom stereocenters. The van der Waals surface area contributed by atoms with Gasteiger partial charge in [0.15, 0.2) is 0 Å². The summed E-state index contributed by atoms with van der Waals surface area (Å²) in [6.45, 7) is 14.2. The maximum Gasteiger partial charge on any atom is 0.310 e. The predicted molar refractivity (Wildman–Crippen MR) is 117 cm³/mol. The van der Waals surface area contributed by atoms with Gasteiger partial charge in [-0.25, -0.2) is 0 Å². The first kappa shape index (κ1) is 23.2. The number of esters is 1. The van der Waals surface area contributed by atoms with Crippen LogP contribution in [0.5, 0.6) is 11.5 Å². The Balaban J connectivity index is 4.05. The molecule has 0 saturated carbocycles. The Bertz CT molecular complexity index is 608. The molecule has 0 aliphatic rings. The minimum atomic E-state index is -0.296. The molecule has 0 aromatic heterocycles. The van der Waals surface area contributed by atoms with Gasteiger partial charge in [-0.15, -0.1) is 0 Å². The molecule has 26 heavy (non-hydrogen) atoms. The Morgan fingerprint density at radius 2 is 1.31 bits per heavy atom. The van der Waals surface area contributed by atoms with Gasteiger partial charge < -0.3 is 9.84 Å². The number of ether oxygens (including phenoxy) is 1. The van der Waals surface area contributed by atoms with Crippen LogP contribution in [0.2, 0.25) is 0 Å². The monoisotopic (exact) mass is 398 g/mol. The van der Waals surface area contributed by atoms with E-state index in [-0.39, 0.29) is 16.8 Å². The number of phenolic OH excluding ortho intramolecular Hbond substituents is 1. The van der Waals surface area contributed by atoms with Gasteiger partial charge in [0.25, 0.3) is 0 Å². The van der Waals surface area contributed by atoms with Gasteiger partial charge in [0.05, 0.1) is 0 Å². The maximum atomic E-state index is 12.2. The summed E-state index contributed by atoms with van der Waals surface area (Å²) in [5.41, 5.74) is 2.87. The van der Waals surface area contributed by atoms with E-state index in [1.807, 2.05) is 0 Å². The number of aromatic hydroxyl groups is 1. The fraction of sp³-hybridized carbons (Fsp3) is 0.667. The van der Waals surface area contributed by atoms with E-state index < -0.39 is 0 Å². The third-order valence-corrected chi connectivity index (χ3v) is 4.80. The lowest BCUT2D eigenvalue weighted by atomic mass is 9.73. The maximum absolute atomic E-state index is 12.2. The van der Waals surface area contributed by atoms with Gasteiger partial charge in [-0.2, -0.15) is 25.3 Å². The van der Waals surface area contributed by atoms with Crippen LogP contribution in [0.1, 0.15) is 77.1 Å². The molecule has 0 fully saturated rings. The first-order valence-corrected chi connectivity index (χ1v) is 10.5. The summed E-state index contributed by atoms with van der Waals surface area (Å²) < 4.78 is 5.84. The highest BCUT2D eigenvalue weighted by molar-refractivity contribution is 7.80. The van der Waals surface area contributed by atoms with Crippen molar-refractivity contribution in [3.8, 4) is 11.5 Å². The zero-order valence-electron chi connectivity index (χ0n) is 17.2. The molecule has 3 nitrogen and oxygen atoms in total. The van der Waals surface area contributed by atoms with Crippen molar-refractivity contribution in [1.82, 2.24) is 0 Å². The number of hydrogen-bond donors (Lipinski definition) is 3. The van der Waals surface area contributed by atoms with E-state index in [2.05, 4.69) is 66.8 Å². The van der Waals surface area contributed by atoms with Crippen LogP contribution in [0.25, 0.3) is 0 Å². The van der Waals surface area contributed by atoms with Crippen LogP contribution >= 0.6 is 25.3 Å². The van der Waals surface area contributed by atoms with Gasteiger partial charge in [-0.05, 0) is 35.2 Å². The van der Waals surface area contributed by atoms with Gasteiger partial charge in [0.1, 0.15) is 11.5 Å². The zero-order valence-corrected chi connectivity index (χ0v) is 19.0. The minimum absolute atomic E-state index is 0.267. The zero-order chi connectivity index (χ0) is 20.3. The molecule has 0 saturated heterocycles. The molecule has 0 aliphatic carbocycles. The molecule has 0 heterocycles. The standard InChI is InChI=1S/C21H34O3S2/c1-8-15(22)24-19-13(9-11-25)16(20(2,3)4)18(23)17(21(5,6)7)14(19)10-12-26/h23,25-26H,8-12H2,1-7H3. The van der Waals surface area contributed by atoms with Crippen molar-refractivity contribution in [1.29, 1.82) is 0 Å².